The third-order valence-corrected chi connectivity index (χ3v) is 3.11. The van der Waals surface area contributed by atoms with Crippen LogP contribution in [0.4, 0.5) is 5.95 Å². The largest absolute Gasteiger partial charge is 0.383 e. The molecule has 1 heterocycles. The number of hydrogen-bond acceptors (Lipinski definition) is 3. The van der Waals surface area contributed by atoms with Gasteiger partial charge >= 0.3 is 0 Å². The van der Waals surface area contributed by atoms with Crippen LogP contribution in [0.1, 0.15) is 37.9 Å². The van der Waals surface area contributed by atoms with E-state index < -0.39 is 0 Å². The summed E-state index contributed by atoms with van der Waals surface area (Å²) in [5.74, 6) is 0.992. The van der Waals surface area contributed by atoms with Gasteiger partial charge in [0, 0.05) is 25.4 Å². The molecule has 1 atom stereocenters. The van der Waals surface area contributed by atoms with Gasteiger partial charge in [-0.15, -0.1) is 0 Å². The fourth-order valence-corrected chi connectivity index (χ4v) is 2.08. The number of aryl methyl sites for hydroxylation is 1. The first-order valence-corrected chi connectivity index (χ1v) is 6.01. The smallest absolute Gasteiger partial charge is 0.203 e. The monoisotopic (exact) mass is 223 g/mol. The third-order valence-electron chi connectivity index (χ3n) is 3.11. The summed E-state index contributed by atoms with van der Waals surface area (Å²) in [5, 5.41) is 3.41. The molecular weight excluding hydrogens is 202 g/mol. The van der Waals surface area contributed by atoms with Crippen molar-refractivity contribution in [3.63, 3.8) is 0 Å². The molecule has 1 unspecified atom stereocenters. The highest BCUT2D eigenvalue weighted by atomic mass is 16.5. The molecule has 4 nitrogen and oxygen atoms in total. The summed E-state index contributed by atoms with van der Waals surface area (Å²) in [5.41, 5.74) is 1.08. The molecule has 1 saturated carbocycles. The van der Waals surface area contributed by atoms with Gasteiger partial charge in [-0.2, -0.15) is 0 Å². The second-order valence-corrected chi connectivity index (χ2v) is 4.70. The van der Waals surface area contributed by atoms with E-state index in [1.807, 2.05) is 6.92 Å². The van der Waals surface area contributed by atoms with Gasteiger partial charge in [-0.25, -0.2) is 4.98 Å². The van der Waals surface area contributed by atoms with Crippen LogP contribution in [0.3, 0.4) is 0 Å². The van der Waals surface area contributed by atoms with Crippen molar-refractivity contribution < 1.29 is 4.74 Å². The van der Waals surface area contributed by atoms with Crippen LogP contribution in [-0.2, 0) is 4.74 Å². The summed E-state index contributed by atoms with van der Waals surface area (Å²) in [6, 6.07) is 0.948. The number of anilines is 1. The molecule has 0 aliphatic heterocycles. The van der Waals surface area contributed by atoms with Gasteiger partial charge in [0.05, 0.1) is 12.3 Å². The highest BCUT2D eigenvalue weighted by Crippen LogP contribution is 2.34. The van der Waals surface area contributed by atoms with E-state index in [-0.39, 0.29) is 0 Å². The number of hydrogen-bond donors (Lipinski definition) is 1. The molecule has 90 valence electrons. The summed E-state index contributed by atoms with van der Waals surface area (Å²) in [4.78, 5) is 4.53. The quantitative estimate of drug-likeness (QED) is 0.833. The SMILES string of the molecule is COCC(C)Nc1nc(C)cn1C1CCC1. The van der Waals surface area contributed by atoms with E-state index in [4.69, 9.17) is 4.74 Å². The lowest BCUT2D eigenvalue weighted by atomic mass is 9.93. The van der Waals surface area contributed by atoms with Gasteiger partial charge in [-0.1, -0.05) is 0 Å². The fraction of sp³-hybridized carbons (Fsp3) is 0.750. The average Bonchev–Trinajstić information content (AvgIpc) is 2.44. The van der Waals surface area contributed by atoms with Crippen LogP contribution in [0.15, 0.2) is 6.20 Å². The van der Waals surface area contributed by atoms with Crippen LogP contribution < -0.4 is 5.32 Å². The Morgan fingerprint density at radius 3 is 2.94 bits per heavy atom. The third kappa shape index (κ3) is 2.38. The first-order chi connectivity index (χ1) is 7.70. The Morgan fingerprint density at radius 2 is 2.38 bits per heavy atom. The highest BCUT2D eigenvalue weighted by molar-refractivity contribution is 5.31. The van der Waals surface area contributed by atoms with Crippen LogP contribution >= 0.6 is 0 Å². The minimum atomic E-state index is 0.297. The van der Waals surface area contributed by atoms with Crippen LogP contribution in [0.5, 0.6) is 0 Å². The first kappa shape index (κ1) is 11.5. The topological polar surface area (TPSA) is 39.1 Å². The second kappa shape index (κ2) is 4.87. The molecule has 1 N–H and O–H groups in total. The summed E-state index contributed by atoms with van der Waals surface area (Å²) in [7, 11) is 1.72. The molecule has 4 heteroatoms. The Kier molecular flexibility index (Phi) is 3.49. The predicted molar refractivity (Wildman–Crippen MR) is 64.8 cm³/mol. The lowest BCUT2D eigenvalue weighted by Gasteiger charge is -2.29. The molecule has 0 amide bonds. The number of imidazole rings is 1. The molecule has 0 bridgehead atoms. The first-order valence-electron chi connectivity index (χ1n) is 6.01. The summed E-state index contributed by atoms with van der Waals surface area (Å²) < 4.78 is 7.41. The molecule has 1 aromatic rings. The summed E-state index contributed by atoms with van der Waals surface area (Å²) in [6.07, 6.45) is 6.05. The molecular formula is C12H21N3O. The Balaban J connectivity index is 2.06. The Bertz CT molecular complexity index is 344. The van der Waals surface area contributed by atoms with Crippen LogP contribution in [0.25, 0.3) is 0 Å². The maximum absolute atomic E-state index is 5.12. The second-order valence-electron chi connectivity index (χ2n) is 4.70. The zero-order valence-corrected chi connectivity index (χ0v) is 10.4. The Labute approximate surface area is 97.0 Å². The standard InChI is InChI=1S/C12H21N3O/c1-9-7-15(11-5-4-6-11)12(13-9)14-10(2)8-16-3/h7,10-11H,4-6,8H2,1-3H3,(H,13,14). The molecule has 16 heavy (non-hydrogen) atoms. The normalized spacial score (nSPS) is 18.2. The van der Waals surface area contributed by atoms with Gasteiger partial charge in [-0.05, 0) is 33.1 Å². The molecule has 2 rings (SSSR count). The lowest BCUT2D eigenvalue weighted by molar-refractivity contribution is 0.189. The minimum Gasteiger partial charge on any atom is -0.383 e. The summed E-state index contributed by atoms with van der Waals surface area (Å²) >= 11 is 0. The van der Waals surface area contributed by atoms with Crippen molar-refractivity contribution in [2.75, 3.05) is 19.0 Å². The number of ether oxygens (including phenoxy) is 1. The number of nitrogens with zero attached hydrogens (tertiary/aromatic N) is 2. The van der Waals surface area contributed by atoms with Crippen molar-refractivity contribution in [1.29, 1.82) is 0 Å². The lowest BCUT2D eigenvalue weighted by Crippen LogP contribution is -2.25. The van der Waals surface area contributed by atoms with E-state index >= 15 is 0 Å². The van der Waals surface area contributed by atoms with Gasteiger partial charge < -0.3 is 14.6 Å². The maximum Gasteiger partial charge on any atom is 0.203 e. The van der Waals surface area contributed by atoms with Crippen LogP contribution in [0.2, 0.25) is 0 Å². The van der Waals surface area contributed by atoms with Gasteiger partial charge in [0.15, 0.2) is 0 Å². The molecule has 1 aliphatic rings. The molecule has 1 aliphatic carbocycles. The Hall–Kier alpha value is -1.03. The zero-order chi connectivity index (χ0) is 11.5. The minimum absolute atomic E-state index is 0.297. The molecule has 0 aromatic carbocycles. The molecule has 1 fully saturated rings. The van der Waals surface area contributed by atoms with Crippen LogP contribution in [0, 0.1) is 6.92 Å². The van der Waals surface area contributed by atoms with E-state index in [1.54, 1.807) is 7.11 Å². The van der Waals surface area contributed by atoms with E-state index in [1.165, 1.54) is 19.3 Å². The number of aromatic nitrogens is 2. The van der Waals surface area contributed by atoms with Crippen LogP contribution in [-0.4, -0.2) is 29.3 Å². The van der Waals surface area contributed by atoms with Crippen molar-refractivity contribution in [3.8, 4) is 0 Å². The maximum atomic E-state index is 5.12. The van der Waals surface area contributed by atoms with Gasteiger partial charge in [0.1, 0.15) is 0 Å². The van der Waals surface area contributed by atoms with Crippen molar-refractivity contribution in [3.05, 3.63) is 11.9 Å². The molecule has 1 aromatic heterocycles. The van der Waals surface area contributed by atoms with Crippen molar-refractivity contribution >= 4 is 5.95 Å². The zero-order valence-electron chi connectivity index (χ0n) is 10.4. The molecule has 0 spiro atoms. The van der Waals surface area contributed by atoms with Crippen molar-refractivity contribution in [1.82, 2.24) is 9.55 Å². The number of rotatable bonds is 5. The Morgan fingerprint density at radius 1 is 1.62 bits per heavy atom. The number of methoxy groups -OCH3 is 1. The predicted octanol–water partition coefficient (Wildman–Crippen LogP) is 2.36. The molecule has 0 saturated heterocycles. The van der Waals surface area contributed by atoms with E-state index in [2.05, 4.69) is 28.0 Å². The van der Waals surface area contributed by atoms with E-state index in [0.29, 0.717) is 18.7 Å². The highest BCUT2D eigenvalue weighted by Gasteiger charge is 2.22. The summed E-state index contributed by atoms with van der Waals surface area (Å²) in [6.45, 7) is 4.86. The van der Waals surface area contributed by atoms with Gasteiger partial charge in [-0.3, -0.25) is 0 Å². The number of nitrogens with one attached hydrogen (secondary N) is 1. The van der Waals surface area contributed by atoms with Gasteiger partial charge in [0.2, 0.25) is 5.95 Å². The fourth-order valence-electron chi connectivity index (χ4n) is 2.08. The average molecular weight is 223 g/mol. The van der Waals surface area contributed by atoms with Crippen molar-refractivity contribution in [2.45, 2.75) is 45.2 Å². The van der Waals surface area contributed by atoms with Crippen molar-refractivity contribution in [2.24, 2.45) is 0 Å². The van der Waals surface area contributed by atoms with E-state index in [0.717, 1.165) is 11.6 Å². The van der Waals surface area contributed by atoms with Gasteiger partial charge in [0.25, 0.3) is 0 Å². The molecule has 0 radical (unpaired) electrons. The van der Waals surface area contributed by atoms with E-state index in [9.17, 15) is 0 Å².